The second kappa shape index (κ2) is 7.99. The normalized spacial score (nSPS) is 20.9. The Morgan fingerprint density at radius 3 is 2.57 bits per heavy atom. The van der Waals surface area contributed by atoms with Crippen molar-refractivity contribution >= 4 is 0 Å². The van der Waals surface area contributed by atoms with Gasteiger partial charge in [-0.1, -0.05) is 12.1 Å². The minimum absolute atomic E-state index is 0.00541. The van der Waals surface area contributed by atoms with Crippen LogP contribution < -0.4 is 10.1 Å². The molecule has 0 heterocycles. The van der Waals surface area contributed by atoms with Crippen LogP contribution in [0.15, 0.2) is 36.4 Å². The zero-order valence-corrected chi connectivity index (χ0v) is 15.7. The van der Waals surface area contributed by atoms with Crippen LogP contribution >= 0.6 is 0 Å². The molecule has 1 saturated carbocycles. The average molecular weight is 397 g/mol. The molecule has 0 amide bonds. The number of rotatable bonds is 5. The van der Waals surface area contributed by atoms with E-state index in [1.165, 1.54) is 13.2 Å². The van der Waals surface area contributed by atoms with E-state index >= 15 is 0 Å². The van der Waals surface area contributed by atoms with Crippen molar-refractivity contribution in [2.45, 2.75) is 50.4 Å². The van der Waals surface area contributed by atoms with Gasteiger partial charge in [0.2, 0.25) is 0 Å². The van der Waals surface area contributed by atoms with Gasteiger partial charge >= 0.3 is 6.18 Å². The van der Waals surface area contributed by atoms with E-state index in [9.17, 15) is 22.7 Å². The molecule has 3 rings (SSSR count). The van der Waals surface area contributed by atoms with Crippen LogP contribution in [0, 0.1) is 5.82 Å². The maximum atomic E-state index is 13.6. The van der Waals surface area contributed by atoms with Gasteiger partial charge in [-0.15, -0.1) is 0 Å². The van der Waals surface area contributed by atoms with Gasteiger partial charge in [-0.2, -0.15) is 13.2 Å². The number of benzene rings is 2. The zero-order chi connectivity index (χ0) is 20.5. The molecule has 0 saturated heterocycles. The number of nitrogens with one attached hydrogen (secondary N) is 1. The van der Waals surface area contributed by atoms with Gasteiger partial charge in [-0.25, -0.2) is 4.39 Å². The van der Waals surface area contributed by atoms with Gasteiger partial charge < -0.3 is 15.2 Å². The molecule has 152 valence electrons. The number of hydrogen-bond acceptors (Lipinski definition) is 3. The molecule has 2 aromatic carbocycles. The predicted molar refractivity (Wildman–Crippen MR) is 98.0 cm³/mol. The summed E-state index contributed by atoms with van der Waals surface area (Å²) < 4.78 is 57.7. The molecule has 1 aliphatic rings. The van der Waals surface area contributed by atoms with Crippen LogP contribution in [-0.4, -0.2) is 18.3 Å². The summed E-state index contributed by atoms with van der Waals surface area (Å²) in [6.07, 6.45) is -2.29. The topological polar surface area (TPSA) is 41.5 Å². The van der Waals surface area contributed by atoms with Gasteiger partial charge in [0.1, 0.15) is 5.75 Å². The summed E-state index contributed by atoms with van der Waals surface area (Å²) in [4.78, 5) is 0. The summed E-state index contributed by atoms with van der Waals surface area (Å²) in [6.45, 7) is 1.96. The number of aromatic hydroxyl groups is 1. The first kappa shape index (κ1) is 20.5. The Balaban J connectivity index is 1.67. The lowest BCUT2D eigenvalue weighted by atomic mass is 9.95. The molecule has 3 atom stereocenters. The Bertz CT molecular complexity index is 838. The van der Waals surface area contributed by atoms with Gasteiger partial charge in [0, 0.05) is 12.1 Å². The van der Waals surface area contributed by atoms with E-state index in [0.717, 1.165) is 30.5 Å². The molecule has 7 heteroatoms. The van der Waals surface area contributed by atoms with Crippen molar-refractivity contribution in [1.29, 1.82) is 0 Å². The largest absolute Gasteiger partial charge is 0.507 e. The van der Waals surface area contributed by atoms with Gasteiger partial charge in [0.05, 0.1) is 12.7 Å². The first-order valence-corrected chi connectivity index (χ1v) is 9.18. The summed E-state index contributed by atoms with van der Waals surface area (Å²) in [6, 6.07) is 8.52. The molecule has 1 aliphatic carbocycles. The highest BCUT2D eigenvalue weighted by Gasteiger charge is 2.35. The second-order valence-electron chi connectivity index (χ2n) is 7.26. The molecular formula is C21H23F4NO2. The maximum Gasteiger partial charge on any atom is 0.419 e. The molecule has 0 aromatic heterocycles. The number of ether oxygens (including phenoxy) is 1. The monoisotopic (exact) mass is 397 g/mol. The van der Waals surface area contributed by atoms with E-state index in [1.54, 1.807) is 18.2 Å². The highest BCUT2D eigenvalue weighted by Crippen LogP contribution is 2.41. The van der Waals surface area contributed by atoms with E-state index in [2.05, 4.69) is 5.32 Å². The van der Waals surface area contributed by atoms with E-state index in [1.807, 2.05) is 6.92 Å². The lowest BCUT2D eigenvalue weighted by Gasteiger charge is -2.21. The third kappa shape index (κ3) is 4.41. The van der Waals surface area contributed by atoms with Crippen LogP contribution in [0.3, 0.4) is 0 Å². The smallest absolute Gasteiger partial charge is 0.419 e. The molecule has 3 nitrogen and oxygen atoms in total. The Morgan fingerprint density at radius 1 is 1.14 bits per heavy atom. The SMILES string of the molecule is COc1cc([C@@H](C)NC2CC[C@H](c3ccc(O)c(C(F)(F)F)c3)C2)ccc1F. The Labute approximate surface area is 161 Å². The fraction of sp³-hybridized carbons (Fsp3) is 0.429. The lowest BCUT2D eigenvalue weighted by Crippen LogP contribution is -2.29. The Hall–Kier alpha value is -2.28. The fourth-order valence-electron chi connectivity index (χ4n) is 3.87. The molecule has 0 spiro atoms. The van der Waals surface area contributed by atoms with Crippen molar-refractivity contribution in [3.05, 3.63) is 58.9 Å². The van der Waals surface area contributed by atoms with Crippen molar-refractivity contribution < 1.29 is 27.4 Å². The molecule has 1 unspecified atom stereocenters. The first-order chi connectivity index (χ1) is 13.2. The third-order valence-electron chi connectivity index (χ3n) is 5.39. The minimum atomic E-state index is -4.58. The van der Waals surface area contributed by atoms with Crippen LogP contribution in [0.1, 0.15) is 54.8 Å². The highest BCUT2D eigenvalue weighted by molar-refractivity contribution is 5.40. The summed E-state index contributed by atoms with van der Waals surface area (Å²) in [5.74, 6) is -0.997. The number of halogens is 4. The standard InChI is InChI=1S/C21H23F4NO2/c1-12(13-4-7-18(22)20(11-13)28-2)26-16-6-3-14(9-16)15-5-8-19(27)17(10-15)21(23,24)25/h4-5,7-8,10-12,14,16,26-27H,3,6,9H2,1-2H3/t12-,14+,16?/m1/s1. The molecule has 2 aromatic rings. The third-order valence-corrected chi connectivity index (χ3v) is 5.39. The molecular weight excluding hydrogens is 374 g/mol. The minimum Gasteiger partial charge on any atom is -0.507 e. The summed E-state index contributed by atoms with van der Waals surface area (Å²) in [5.41, 5.74) is 0.476. The van der Waals surface area contributed by atoms with E-state index in [-0.39, 0.29) is 23.8 Å². The average Bonchev–Trinajstić information content (AvgIpc) is 3.10. The van der Waals surface area contributed by atoms with Crippen molar-refractivity contribution in [1.82, 2.24) is 5.32 Å². The van der Waals surface area contributed by atoms with Crippen LogP contribution in [-0.2, 0) is 6.18 Å². The van der Waals surface area contributed by atoms with E-state index < -0.39 is 23.3 Å². The Kier molecular flexibility index (Phi) is 5.84. The number of phenolic OH excluding ortho intramolecular Hbond substituents is 1. The first-order valence-electron chi connectivity index (χ1n) is 9.18. The molecule has 0 aliphatic heterocycles. The number of hydrogen-bond donors (Lipinski definition) is 2. The zero-order valence-electron chi connectivity index (χ0n) is 15.7. The predicted octanol–water partition coefficient (Wildman–Crippen LogP) is 5.55. The molecule has 1 fully saturated rings. The highest BCUT2D eigenvalue weighted by atomic mass is 19.4. The lowest BCUT2D eigenvalue weighted by molar-refractivity contribution is -0.138. The summed E-state index contributed by atoms with van der Waals surface area (Å²) in [5, 5.41) is 13.0. The number of alkyl halides is 3. The second-order valence-corrected chi connectivity index (χ2v) is 7.26. The van der Waals surface area contributed by atoms with Gasteiger partial charge in [0.15, 0.2) is 11.6 Å². The molecule has 0 radical (unpaired) electrons. The quantitative estimate of drug-likeness (QED) is 0.651. The van der Waals surface area contributed by atoms with Crippen molar-refractivity contribution in [3.8, 4) is 11.5 Å². The fourth-order valence-corrected chi connectivity index (χ4v) is 3.87. The van der Waals surface area contributed by atoms with E-state index in [4.69, 9.17) is 4.74 Å². The van der Waals surface area contributed by atoms with Crippen LogP contribution in [0.5, 0.6) is 11.5 Å². The van der Waals surface area contributed by atoms with E-state index in [0.29, 0.717) is 12.0 Å². The van der Waals surface area contributed by atoms with Crippen LogP contribution in [0.2, 0.25) is 0 Å². The molecule has 28 heavy (non-hydrogen) atoms. The van der Waals surface area contributed by atoms with Gasteiger partial charge in [0.25, 0.3) is 0 Å². The Morgan fingerprint density at radius 2 is 1.89 bits per heavy atom. The maximum absolute atomic E-state index is 13.6. The van der Waals surface area contributed by atoms with Crippen LogP contribution in [0.25, 0.3) is 0 Å². The summed E-state index contributed by atoms with van der Waals surface area (Å²) in [7, 11) is 1.41. The van der Waals surface area contributed by atoms with Crippen molar-refractivity contribution in [2.24, 2.45) is 0 Å². The van der Waals surface area contributed by atoms with Gasteiger partial charge in [-0.3, -0.25) is 0 Å². The van der Waals surface area contributed by atoms with Crippen LogP contribution in [0.4, 0.5) is 17.6 Å². The molecule has 2 N–H and O–H groups in total. The van der Waals surface area contributed by atoms with Gasteiger partial charge in [-0.05, 0) is 67.5 Å². The number of methoxy groups -OCH3 is 1. The number of phenols is 1. The summed E-state index contributed by atoms with van der Waals surface area (Å²) >= 11 is 0. The van der Waals surface area contributed by atoms with Crippen molar-refractivity contribution in [2.75, 3.05) is 7.11 Å². The van der Waals surface area contributed by atoms with Crippen molar-refractivity contribution in [3.63, 3.8) is 0 Å². The molecule has 0 bridgehead atoms.